The number of hydrogen-bond donors (Lipinski definition) is 1. The third-order valence-electron chi connectivity index (χ3n) is 6.07. The number of nitrogens with one attached hydrogen (secondary N) is 1. The van der Waals surface area contributed by atoms with Crippen molar-refractivity contribution in [2.45, 2.75) is 38.0 Å². The minimum atomic E-state index is -0.0691. The van der Waals surface area contributed by atoms with Gasteiger partial charge in [0.15, 0.2) is 0 Å². The SMILES string of the molecule is Cl.O=C(Nc1ccc(N2CCOCC2)cc1)C(c1ccccc1)C1CCCCC1. The first kappa shape index (κ1) is 21.7. The van der Waals surface area contributed by atoms with Crippen LogP contribution in [0, 0.1) is 5.92 Å². The molecule has 29 heavy (non-hydrogen) atoms. The molecule has 4 rings (SSSR count). The molecule has 1 aliphatic carbocycles. The molecule has 0 bridgehead atoms. The molecule has 2 aliphatic rings. The minimum Gasteiger partial charge on any atom is -0.378 e. The Balaban J connectivity index is 0.00000240. The van der Waals surface area contributed by atoms with Crippen LogP contribution < -0.4 is 10.2 Å². The number of hydrogen-bond acceptors (Lipinski definition) is 3. The van der Waals surface area contributed by atoms with E-state index in [9.17, 15) is 4.79 Å². The van der Waals surface area contributed by atoms with E-state index in [-0.39, 0.29) is 24.2 Å². The molecule has 5 heteroatoms. The first-order chi connectivity index (χ1) is 13.8. The van der Waals surface area contributed by atoms with Gasteiger partial charge < -0.3 is 15.0 Å². The second-order valence-electron chi connectivity index (χ2n) is 7.92. The summed E-state index contributed by atoms with van der Waals surface area (Å²) in [7, 11) is 0. The van der Waals surface area contributed by atoms with Crippen LogP contribution in [-0.4, -0.2) is 32.2 Å². The zero-order valence-corrected chi connectivity index (χ0v) is 17.7. The van der Waals surface area contributed by atoms with Gasteiger partial charge in [0.1, 0.15) is 0 Å². The molecule has 0 aromatic heterocycles. The Morgan fingerprint density at radius 3 is 2.24 bits per heavy atom. The molecule has 2 aromatic rings. The monoisotopic (exact) mass is 414 g/mol. The minimum absolute atomic E-state index is 0. The van der Waals surface area contributed by atoms with E-state index in [0.29, 0.717) is 5.92 Å². The summed E-state index contributed by atoms with van der Waals surface area (Å²) in [4.78, 5) is 15.6. The van der Waals surface area contributed by atoms with Crippen LogP contribution in [0.5, 0.6) is 0 Å². The van der Waals surface area contributed by atoms with Gasteiger partial charge in [0.05, 0.1) is 19.1 Å². The number of benzene rings is 2. The molecule has 156 valence electrons. The summed E-state index contributed by atoms with van der Waals surface area (Å²) < 4.78 is 5.42. The predicted molar refractivity (Wildman–Crippen MR) is 121 cm³/mol. The van der Waals surface area contributed by atoms with E-state index in [1.54, 1.807) is 0 Å². The van der Waals surface area contributed by atoms with Crippen molar-refractivity contribution in [2.75, 3.05) is 36.5 Å². The molecule has 0 radical (unpaired) electrons. The zero-order valence-electron chi connectivity index (χ0n) is 16.9. The van der Waals surface area contributed by atoms with E-state index in [0.717, 1.165) is 50.4 Å². The van der Waals surface area contributed by atoms with Crippen LogP contribution in [0.4, 0.5) is 11.4 Å². The van der Waals surface area contributed by atoms with Crippen LogP contribution in [0.3, 0.4) is 0 Å². The van der Waals surface area contributed by atoms with Gasteiger partial charge in [-0.15, -0.1) is 12.4 Å². The highest BCUT2D eigenvalue weighted by Gasteiger charge is 2.31. The molecule has 1 N–H and O–H groups in total. The second-order valence-corrected chi connectivity index (χ2v) is 7.92. The van der Waals surface area contributed by atoms with E-state index < -0.39 is 0 Å². The lowest BCUT2D eigenvalue weighted by Crippen LogP contribution is -2.36. The van der Waals surface area contributed by atoms with Crippen LogP contribution in [0.2, 0.25) is 0 Å². The number of halogens is 1. The molecule has 1 heterocycles. The third kappa shape index (κ3) is 5.52. The largest absolute Gasteiger partial charge is 0.378 e. The van der Waals surface area contributed by atoms with Crippen molar-refractivity contribution in [3.8, 4) is 0 Å². The Bertz CT molecular complexity index is 754. The highest BCUT2D eigenvalue weighted by atomic mass is 35.5. The summed E-state index contributed by atoms with van der Waals surface area (Å²) in [5.41, 5.74) is 3.20. The van der Waals surface area contributed by atoms with Crippen molar-refractivity contribution in [1.82, 2.24) is 0 Å². The Labute approximate surface area is 180 Å². The number of amides is 1. The van der Waals surface area contributed by atoms with Crippen molar-refractivity contribution >= 4 is 29.7 Å². The lowest BCUT2D eigenvalue weighted by Gasteiger charge is -2.30. The molecule has 1 saturated heterocycles. The van der Waals surface area contributed by atoms with Gasteiger partial charge in [-0.3, -0.25) is 4.79 Å². The Kier molecular flexibility index (Phi) is 7.96. The molecule has 4 nitrogen and oxygen atoms in total. The lowest BCUT2D eigenvalue weighted by molar-refractivity contribution is -0.119. The fourth-order valence-electron chi connectivity index (χ4n) is 4.56. The number of rotatable bonds is 5. The molecule has 1 amide bonds. The normalized spacial score (nSPS) is 18.6. The Morgan fingerprint density at radius 1 is 0.931 bits per heavy atom. The average Bonchev–Trinajstić information content (AvgIpc) is 2.77. The van der Waals surface area contributed by atoms with Gasteiger partial charge in [-0.05, 0) is 48.6 Å². The van der Waals surface area contributed by atoms with Gasteiger partial charge in [-0.1, -0.05) is 49.6 Å². The molecule has 2 fully saturated rings. The Morgan fingerprint density at radius 2 is 1.59 bits per heavy atom. The van der Waals surface area contributed by atoms with Gasteiger partial charge in [0.25, 0.3) is 0 Å². The smallest absolute Gasteiger partial charge is 0.232 e. The molecular weight excluding hydrogens is 384 g/mol. The molecular formula is C24H31ClN2O2. The van der Waals surface area contributed by atoms with Gasteiger partial charge >= 0.3 is 0 Å². The fourth-order valence-corrected chi connectivity index (χ4v) is 4.56. The van der Waals surface area contributed by atoms with Crippen molar-refractivity contribution in [3.05, 3.63) is 60.2 Å². The van der Waals surface area contributed by atoms with E-state index in [1.165, 1.54) is 24.9 Å². The maximum absolute atomic E-state index is 13.3. The maximum atomic E-state index is 13.3. The summed E-state index contributed by atoms with van der Waals surface area (Å²) in [5.74, 6) is 0.487. The van der Waals surface area contributed by atoms with Crippen LogP contribution in [0.15, 0.2) is 54.6 Å². The van der Waals surface area contributed by atoms with Crippen LogP contribution >= 0.6 is 12.4 Å². The van der Waals surface area contributed by atoms with Crippen molar-refractivity contribution in [3.63, 3.8) is 0 Å². The highest BCUT2D eigenvalue weighted by Crippen LogP contribution is 2.37. The number of ether oxygens (including phenoxy) is 1. The summed E-state index contributed by atoms with van der Waals surface area (Å²) >= 11 is 0. The van der Waals surface area contributed by atoms with Gasteiger partial charge in [0, 0.05) is 24.5 Å². The number of anilines is 2. The second kappa shape index (κ2) is 10.7. The van der Waals surface area contributed by atoms with Gasteiger partial charge in [0.2, 0.25) is 5.91 Å². The molecule has 0 spiro atoms. The van der Waals surface area contributed by atoms with Gasteiger partial charge in [-0.2, -0.15) is 0 Å². The molecule has 2 aromatic carbocycles. The number of carbonyl (C=O) groups is 1. The Hall–Kier alpha value is -2.04. The van der Waals surface area contributed by atoms with E-state index in [4.69, 9.17) is 4.74 Å². The zero-order chi connectivity index (χ0) is 19.2. The average molecular weight is 415 g/mol. The summed E-state index contributed by atoms with van der Waals surface area (Å²) in [5, 5.41) is 3.19. The predicted octanol–water partition coefficient (Wildman–Crippen LogP) is 5.25. The summed E-state index contributed by atoms with van der Waals surface area (Å²) in [6.45, 7) is 3.39. The van der Waals surface area contributed by atoms with E-state index in [1.807, 2.05) is 30.3 Å². The summed E-state index contributed by atoms with van der Waals surface area (Å²) in [6, 6.07) is 18.5. The van der Waals surface area contributed by atoms with Crippen LogP contribution in [0.25, 0.3) is 0 Å². The van der Waals surface area contributed by atoms with E-state index >= 15 is 0 Å². The highest BCUT2D eigenvalue weighted by molar-refractivity contribution is 5.96. The number of morpholine rings is 1. The maximum Gasteiger partial charge on any atom is 0.232 e. The number of carbonyl (C=O) groups excluding carboxylic acids is 1. The van der Waals surface area contributed by atoms with Crippen molar-refractivity contribution in [1.29, 1.82) is 0 Å². The fraction of sp³-hybridized carbons (Fsp3) is 0.458. The standard InChI is InChI=1S/C24H30N2O2.ClH/c27-24(23(19-7-3-1-4-8-19)20-9-5-2-6-10-20)25-21-11-13-22(14-12-21)26-15-17-28-18-16-26;/h1,3-4,7-8,11-14,20,23H,2,5-6,9-10,15-18H2,(H,25,27);1H. The van der Waals surface area contributed by atoms with Gasteiger partial charge in [-0.25, -0.2) is 0 Å². The molecule has 1 saturated carbocycles. The molecule has 1 aliphatic heterocycles. The first-order valence-corrected chi connectivity index (χ1v) is 10.6. The van der Waals surface area contributed by atoms with Crippen LogP contribution in [-0.2, 0) is 9.53 Å². The summed E-state index contributed by atoms with van der Waals surface area (Å²) in [6.07, 6.45) is 6.04. The molecule has 1 atom stereocenters. The molecule has 1 unspecified atom stereocenters. The van der Waals surface area contributed by atoms with Crippen molar-refractivity contribution < 1.29 is 9.53 Å². The quantitative estimate of drug-likeness (QED) is 0.726. The topological polar surface area (TPSA) is 41.6 Å². The van der Waals surface area contributed by atoms with E-state index in [2.05, 4.69) is 34.5 Å². The number of nitrogens with zero attached hydrogens (tertiary/aromatic N) is 1. The lowest BCUT2D eigenvalue weighted by atomic mass is 9.76. The van der Waals surface area contributed by atoms with Crippen molar-refractivity contribution in [2.24, 2.45) is 5.92 Å². The third-order valence-corrected chi connectivity index (χ3v) is 6.07. The first-order valence-electron chi connectivity index (χ1n) is 10.6. The van der Waals surface area contributed by atoms with Crippen LogP contribution in [0.1, 0.15) is 43.6 Å².